The number of fused-ring (bicyclic) bond motifs is 1. The van der Waals surface area contributed by atoms with Gasteiger partial charge in [0.05, 0.1) is 5.69 Å². The van der Waals surface area contributed by atoms with Crippen LogP contribution >= 0.6 is 24.0 Å². The van der Waals surface area contributed by atoms with Crippen molar-refractivity contribution in [3.63, 3.8) is 0 Å². The molecule has 0 spiro atoms. The molecule has 24 heavy (non-hydrogen) atoms. The fraction of sp³-hybridized carbons (Fsp3) is 0.0588. The van der Waals surface area contributed by atoms with Gasteiger partial charge in [-0.05, 0) is 35.0 Å². The number of nitrogens with two attached hydrogens (primary N) is 1. The Balaban J connectivity index is 1.75. The number of anilines is 1. The maximum Gasteiger partial charge on any atom is 0.286 e. The minimum Gasteiger partial charge on any atom is -0.437 e. The fourth-order valence-electron chi connectivity index (χ4n) is 2.66. The first-order valence-corrected chi connectivity index (χ1v) is 8.45. The van der Waals surface area contributed by atoms with E-state index in [0.717, 1.165) is 33.6 Å². The summed E-state index contributed by atoms with van der Waals surface area (Å²) < 4.78 is 6.20. The van der Waals surface area contributed by atoms with Gasteiger partial charge in [-0.3, -0.25) is 4.79 Å². The Morgan fingerprint density at radius 1 is 1.12 bits per heavy atom. The molecule has 2 aromatic rings. The molecule has 0 unspecified atom stereocenters. The van der Waals surface area contributed by atoms with Crippen LogP contribution in [0.5, 0.6) is 5.75 Å². The monoisotopic (exact) mass is 355 g/mol. The van der Waals surface area contributed by atoms with Crippen molar-refractivity contribution < 1.29 is 9.53 Å². The Kier molecular flexibility index (Phi) is 3.56. The second-order valence-electron chi connectivity index (χ2n) is 5.39. The number of ether oxygens (including phenoxy) is 1. The van der Waals surface area contributed by atoms with Gasteiger partial charge < -0.3 is 9.64 Å². The Morgan fingerprint density at radius 3 is 2.54 bits per heavy atom. The van der Waals surface area contributed by atoms with E-state index in [-0.39, 0.29) is 5.91 Å². The Bertz CT molecular complexity index is 896. The van der Waals surface area contributed by atoms with Gasteiger partial charge in [0, 0.05) is 7.05 Å². The molecular formula is C17H13N3O2S2. The van der Waals surface area contributed by atoms with Gasteiger partial charge >= 0.3 is 0 Å². The maximum absolute atomic E-state index is 12.2. The van der Waals surface area contributed by atoms with Crippen molar-refractivity contribution in [3.8, 4) is 16.9 Å². The zero-order valence-electron chi connectivity index (χ0n) is 12.7. The Labute approximate surface area is 148 Å². The van der Waals surface area contributed by atoms with Crippen LogP contribution in [0.2, 0.25) is 0 Å². The molecule has 0 aliphatic carbocycles. The van der Waals surface area contributed by atoms with Crippen molar-refractivity contribution >= 4 is 39.9 Å². The number of nitrogens with zero attached hydrogens (tertiary/aromatic N) is 2. The lowest BCUT2D eigenvalue weighted by atomic mass is 10.0. The predicted molar refractivity (Wildman–Crippen MR) is 99.2 cm³/mol. The minimum absolute atomic E-state index is 0.320. The van der Waals surface area contributed by atoms with Gasteiger partial charge in [0.2, 0.25) is 5.88 Å². The molecule has 0 saturated carbocycles. The van der Waals surface area contributed by atoms with Crippen LogP contribution in [0.3, 0.4) is 0 Å². The summed E-state index contributed by atoms with van der Waals surface area (Å²) >= 11 is 6.23. The van der Waals surface area contributed by atoms with Crippen LogP contribution < -0.4 is 15.5 Å². The van der Waals surface area contributed by atoms with Crippen LogP contribution in [0.15, 0.2) is 59.3 Å². The summed E-state index contributed by atoms with van der Waals surface area (Å²) in [4.78, 5) is 14.5. The number of carbonyl (C=O) groups is 1. The smallest absolute Gasteiger partial charge is 0.286 e. The van der Waals surface area contributed by atoms with Gasteiger partial charge in [-0.15, -0.1) is 0 Å². The molecule has 5 nitrogen and oxygen atoms in total. The van der Waals surface area contributed by atoms with E-state index in [4.69, 9.17) is 22.8 Å². The van der Waals surface area contributed by atoms with Crippen LogP contribution in [0.1, 0.15) is 0 Å². The normalized spacial score (nSPS) is 19.8. The van der Waals surface area contributed by atoms with Gasteiger partial charge in [-0.2, -0.15) is 0 Å². The summed E-state index contributed by atoms with van der Waals surface area (Å²) in [5, 5.41) is 0.970. The van der Waals surface area contributed by atoms with E-state index in [1.165, 1.54) is 0 Å². The zero-order chi connectivity index (χ0) is 16.8. The third-order valence-electron chi connectivity index (χ3n) is 3.93. The van der Waals surface area contributed by atoms with Gasteiger partial charge in [0.15, 0.2) is 10.1 Å². The lowest BCUT2D eigenvalue weighted by molar-refractivity contribution is -0.122. The first-order valence-electron chi connectivity index (χ1n) is 7.22. The van der Waals surface area contributed by atoms with E-state index in [1.54, 1.807) is 0 Å². The molecule has 0 aromatic heterocycles. The highest BCUT2D eigenvalue weighted by atomic mass is 32.2. The van der Waals surface area contributed by atoms with Crippen molar-refractivity contribution in [2.24, 2.45) is 5.84 Å². The van der Waals surface area contributed by atoms with Crippen LogP contribution in [0, 0.1) is 0 Å². The highest BCUT2D eigenvalue weighted by Gasteiger charge is 2.38. The average Bonchev–Trinajstić information content (AvgIpc) is 3.07. The molecule has 1 amide bonds. The van der Waals surface area contributed by atoms with E-state index < -0.39 is 0 Å². The van der Waals surface area contributed by atoms with Crippen LogP contribution in [-0.4, -0.2) is 22.3 Å². The third-order valence-corrected chi connectivity index (χ3v) is 5.30. The van der Waals surface area contributed by atoms with Crippen LogP contribution in [0.4, 0.5) is 5.69 Å². The fourth-order valence-corrected chi connectivity index (χ4v) is 3.80. The van der Waals surface area contributed by atoms with Crippen molar-refractivity contribution in [1.82, 2.24) is 5.01 Å². The molecule has 120 valence electrons. The molecular weight excluding hydrogens is 342 g/mol. The van der Waals surface area contributed by atoms with E-state index in [9.17, 15) is 4.79 Å². The zero-order valence-corrected chi connectivity index (χ0v) is 14.4. The topological polar surface area (TPSA) is 58.8 Å². The van der Waals surface area contributed by atoms with E-state index in [2.05, 4.69) is 12.1 Å². The second-order valence-corrected chi connectivity index (χ2v) is 7.03. The molecule has 0 bridgehead atoms. The van der Waals surface area contributed by atoms with Gasteiger partial charge in [0.1, 0.15) is 4.91 Å². The number of hydrogen-bond donors (Lipinski definition) is 1. The number of benzene rings is 2. The highest BCUT2D eigenvalue weighted by molar-refractivity contribution is 8.26. The second kappa shape index (κ2) is 5.62. The highest BCUT2D eigenvalue weighted by Crippen LogP contribution is 2.44. The molecule has 2 aliphatic rings. The average molecular weight is 355 g/mol. The van der Waals surface area contributed by atoms with Crippen molar-refractivity contribution in [2.45, 2.75) is 0 Å². The molecule has 0 radical (unpaired) electrons. The van der Waals surface area contributed by atoms with Gasteiger partial charge in [-0.1, -0.05) is 48.6 Å². The number of amides is 1. The number of thiocarbonyl (C=S) groups is 1. The number of thioether (sulfide) groups is 1. The number of carbonyl (C=O) groups excluding carboxylic acids is 1. The van der Waals surface area contributed by atoms with E-state index >= 15 is 0 Å². The largest absolute Gasteiger partial charge is 0.437 e. The van der Waals surface area contributed by atoms with Crippen LogP contribution in [-0.2, 0) is 4.79 Å². The van der Waals surface area contributed by atoms with Crippen molar-refractivity contribution in [3.05, 3.63) is 59.3 Å². The maximum atomic E-state index is 12.2. The first kappa shape index (κ1) is 15.2. The van der Waals surface area contributed by atoms with Crippen LogP contribution in [0.25, 0.3) is 11.1 Å². The van der Waals surface area contributed by atoms with Gasteiger partial charge in [-0.25, -0.2) is 10.9 Å². The molecule has 2 N–H and O–H groups in total. The first-order chi connectivity index (χ1) is 11.6. The Morgan fingerprint density at radius 2 is 1.88 bits per heavy atom. The van der Waals surface area contributed by atoms with Gasteiger partial charge in [0.25, 0.3) is 5.91 Å². The van der Waals surface area contributed by atoms with E-state index in [0.29, 0.717) is 20.9 Å². The molecule has 4 rings (SSSR count). The summed E-state index contributed by atoms with van der Waals surface area (Å²) in [5.41, 5.74) is 3.10. The number of rotatable bonds is 1. The predicted octanol–water partition coefficient (Wildman–Crippen LogP) is 3.09. The molecule has 2 aromatic carbocycles. The molecule has 2 heterocycles. The van der Waals surface area contributed by atoms with Crippen molar-refractivity contribution in [1.29, 1.82) is 0 Å². The minimum atomic E-state index is -0.345. The summed E-state index contributed by atoms with van der Waals surface area (Å²) in [6.45, 7) is 0. The third kappa shape index (κ3) is 2.29. The number of hydrogen-bond acceptors (Lipinski definition) is 6. The SMILES string of the molecule is CN1/C(=C2/SC(=S)N(N)C2=O)Oc2ccc(-c3ccccc3)cc21. The molecule has 0 atom stereocenters. The summed E-state index contributed by atoms with van der Waals surface area (Å²) in [6.07, 6.45) is 0. The van der Waals surface area contributed by atoms with Crippen molar-refractivity contribution in [2.75, 3.05) is 11.9 Å². The summed E-state index contributed by atoms with van der Waals surface area (Å²) in [6, 6.07) is 16.0. The molecule has 1 fully saturated rings. The standard InChI is InChI=1S/C17H13N3O2S2/c1-19-12-9-11(10-5-3-2-4-6-10)7-8-13(12)22-16(19)14-15(21)20(18)17(23)24-14/h2-9H,18H2,1H3/b16-14-. The summed E-state index contributed by atoms with van der Waals surface area (Å²) in [7, 11) is 1.86. The lowest BCUT2D eigenvalue weighted by Gasteiger charge is -2.13. The lowest BCUT2D eigenvalue weighted by Crippen LogP contribution is -2.35. The molecule has 7 heteroatoms. The quantitative estimate of drug-likeness (QED) is 0.367. The number of hydrazine groups is 1. The molecule has 2 aliphatic heterocycles. The van der Waals surface area contributed by atoms with E-state index in [1.807, 2.05) is 48.3 Å². The Hall–Kier alpha value is -2.35. The molecule has 1 saturated heterocycles. The summed E-state index contributed by atoms with van der Waals surface area (Å²) in [5.74, 6) is 6.46.